The summed E-state index contributed by atoms with van der Waals surface area (Å²) in [6.07, 6.45) is 4.90. The highest BCUT2D eigenvalue weighted by molar-refractivity contribution is 7.07. The molecule has 17 heavy (non-hydrogen) atoms. The largest absolute Gasteiger partial charge is 0.295 e. The van der Waals surface area contributed by atoms with E-state index in [1.54, 1.807) is 11.3 Å². The lowest BCUT2D eigenvalue weighted by Gasteiger charge is -2.26. The van der Waals surface area contributed by atoms with Gasteiger partial charge in [-0.25, -0.2) is 0 Å². The molecular formula is C14H18N2S. The van der Waals surface area contributed by atoms with E-state index in [2.05, 4.69) is 46.7 Å². The van der Waals surface area contributed by atoms with Crippen LogP contribution < -0.4 is 0 Å². The van der Waals surface area contributed by atoms with Gasteiger partial charge in [-0.15, -0.1) is 0 Å². The number of thiophene rings is 1. The van der Waals surface area contributed by atoms with Crippen LogP contribution in [0.15, 0.2) is 41.4 Å². The molecule has 0 saturated carbocycles. The molecule has 0 N–H and O–H groups in total. The van der Waals surface area contributed by atoms with E-state index in [4.69, 9.17) is 0 Å². The lowest BCUT2D eigenvalue weighted by atomic mass is 10.1. The number of rotatable bonds is 5. The van der Waals surface area contributed by atoms with Crippen LogP contribution in [0.2, 0.25) is 0 Å². The van der Waals surface area contributed by atoms with Crippen molar-refractivity contribution in [2.45, 2.75) is 25.9 Å². The molecule has 0 bridgehead atoms. The van der Waals surface area contributed by atoms with Gasteiger partial charge in [0.15, 0.2) is 0 Å². The lowest BCUT2D eigenvalue weighted by molar-refractivity contribution is 0.230. The Balaban J connectivity index is 2.08. The van der Waals surface area contributed by atoms with Gasteiger partial charge in [0.25, 0.3) is 0 Å². The summed E-state index contributed by atoms with van der Waals surface area (Å²) in [6, 6.07) is 6.81. The van der Waals surface area contributed by atoms with E-state index < -0.39 is 0 Å². The summed E-state index contributed by atoms with van der Waals surface area (Å²) in [5.41, 5.74) is 2.69. The van der Waals surface area contributed by atoms with Crippen molar-refractivity contribution < 1.29 is 0 Å². The van der Waals surface area contributed by atoms with Crippen LogP contribution in [0.1, 0.15) is 30.5 Å². The molecule has 90 valence electrons. The van der Waals surface area contributed by atoms with Gasteiger partial charge in [0, 0.05) is 25.0 Å². The summed E-state index contributed by atoms with van der Waals surface area (Å²) >= 11 is 1.76. The molecule has 1 atom stereocenters. The predicted octanol–water partition coefficient (Wildman–Crippen LogP) is 3.73. The average Bonchev–Trinajstić information content (AvgIpc) is 2.84. The Labute approximate surface area is 107 Å². The molecule has 0 amide bonds. The molecule has 2 heterocycles. The summed E-state index contributed by atoms with van der Waals surface area (Å²) in [6.45, 7) is 3.22. The molecule has 0 fully saturated rings. The maximum Gasteiger partial charge on any atom is 0.0361 e. The van der Waals surface area contributed by atoms with E-state index >= 15 is 0 Å². The monoisotopic (exact) mass is 246 g/mol. The van der Waals surface area contributed by atoms with Crippen molar-refractivity contribution in [1.29, 1.82) is 0 Å². The zero-order chi connectivity index (χ0) is 12.1. The van der Waals surface area contributed by atoms with Gasteiger partial charge in [-0.1, -0.05) is 13.0 Å². The summed E-state index contributed by atoms with van der Waals surface area (Å²) in [7, 11) is 2.18. The Kier molecular flexibility index (Phi) is 4.29. The lowest BCUT2D eigenvalue weighted by Crippen LogP contribution is -2.23. The average molecular weight is 246 g/mol. The van der Waals surface area contributed by atoms with Gasteiger partial charge >= 0.3 is 0 Å². The Morgan fingerprint density at radius 3 is 2.88 bits per heavy atom. The fraction of sp³-hybridized carbons (Fsp3) is 0.357. The number of pyridine rings is 1. The molecule has 2 aromatic heterocycles. The smallest absolute Gasteiger partial charge is 0.0361 e. The molecule has 0 aliphatic rings. The van der Waals surface area contributed by atoms with Gasteiger partial charge in [-0.2, -0.15) is 11.3 Å². The molecule has 0 radical (unpaired) electrons. The zero-order valence-electron chi connectivity index (χ0n) is 10.3. The van der Waals surface area contributed by atoms with Crippen molar-refractivity contribution in [3.8, 4) is 0 Å². The van der Waals surface area contributed by atoms with E-state index in [9.17, 15) is 0 Å². The van der Waals surface area contributed by atoms with E-state index in [1.165, 1.54) is 11.1 Å². The van der Waals surface area contributed by atoms with Crippen LogP contribution in [-0.4, -0.2) is 16.9 Å². The Bertz CT molecular complexity index is 425. The predicted molar refractivity (Wildman–Crippen MR) is 73.1 cm³/mol. The van der Waals surface area contributed by atoms with Crippen molar-refractivity contribution in [3.63, 3.8) is 0 Å². The standard InChI is InChI=1S/C14H18N2S/c1-3-14(13-5-4-7-15-9-13)16(2)10-12-6-8-17-11-12/h4-9,11,14H,3,10H2,1-2H3/t14-/m1/s1. The summed E-state index contributed by atoms with van der Waals surface area (Å²) in [5.74, 6) is 0. The number of nitrogens with zero attached hydrogens (tertiary/aromatic N) is 2. The molecule has 0 spiro atoms. The van der Waals surface area contributed by atoms with E-state index in [1.807, 2.05) is 18.5 Å². The highest BCUT2D eigenvalue weighted by atomic mass is 32.1. The summed E-state index contributed by atoms with van der Waals surface area (Å²) in [4.78, 5) is 6.60. The Hall–Kier alpha value is -1.19. The molecule has 0 unspecified atom stereocenters. The first-order valence-electron chi connectivity index (χ1n) is 5.92. The van der Waals surface area contributed by atoms with E-state index in [0.29, 0.717) is 6.04 Å². The highest BCUT2D eigenvalue weighted by Crippen LogP contribution is 2.24. The van der Waals surface area contributed by atoms with Crippen molar-refractivity contribution in [2.75, 3.05) is 7.05 Å². The second-order valence-electron chi connectivity index (χ2n) is 4.26. The fourth-order valence-electron chi connectivity index (χ4n) is 2.16. The maximum atomic E-state index is 4.21. The van der Waals surface area contributed by atoms with E-state index in [-0.39, 0.29) is 0 Å². The first-order valence-corrected chi connectivity index (χ1v) is 6.86. The highest BCUT2D eigenvalue weighted by Gasteiger charge is 2.15. The van der Waals surface area contributed by atoms with Crippen LogP contribution in [0.5, 0.6) is 0 Å². The number of hydrogen-bond donors (Lipinski definition) is 0. The molecule has 2 rings (SSSR count). The van der Waals surface area contributed by atoms with Gasteiger partial charge in [-0.3, -0.25) is 9.88 Å². The minimum Gasteiger partial charge on any atom is -0.295 e. The number of aromatic nitrogens is 1. The van der Waals surface area contributed by atoms with Gasteiger partial charge in [0.05, 0.1) is 0 Å². The van der Waals surface area contributed by atoms with Crippen LogP contribution in [0.3, 0.4) is 0 Å². The third kappa shape index (κ3) is 3.14. The molecule has 0 aromatic carbocycles. The van der Waals surface area contributed by atoms with Crippen molar-refractivity contribution in [1.82, 2.24) is 9.88 Å². The normalized spacial score (nSPS) is 12.9. The molecule has 3 heteroatoms. The first kappa shape index (κ1) is 12.3. The van der Waals surface area contributed by atoms with Gasteiger partial charge in [0.2, 0.25) is 0 Å². The van der Waals surface area contributed by atoms with Crippen LogP contribution >= 0.6 is 11.3 Å². The van der Waals surface area contributed by atoms with Crippen LogP contribution in [0.4, 0.5) is 0 Å². The van der Waals surface area contributed by atoms with Crippen LogP contribution in [0.25, 0.3) is 0 Å². The molecule has 2 nitrogen and oxygen atoms in total. The third-order valence-corrected chi connectivity index (χ3v) is 3.73. The van der Waals surface area contributed by atoms with Gasteiger partial charge in [-0.05, 0) is 47.5 Å². The summed E-state index contributed by atoms with van der Waals surface area (Å²) in [5, 5.41) is 4.35. The minimum atomic E-state index is 0.448. The minimum absolute atomic E-state index is 0.448. The van der Waals surface area contributed by atoms with Crippen molar-refractivity contribution >= 4 is 11.3 Å². The van der Waals surface area contributed by atoms with Crippen molar-refractivity contribution in [3.05, 3.63) is 52.5 Å². The maximum absolute atomic E-state index is 4.21. The second-order valence-corrected chi connectivity index (χ2v) is 5.04. The SMILES string of the molecule is CC[C@H](c1cccnc1)N(C)Cc1ccsc1. The Morgan fingerprint density at radius 1 is 1.41 bits per heavy atom. The molecule has 0 saturated heterocycles. The molecule has 0 aliphatic heterocycles. The van der Waals surface area contributed by atoms with Gasteiger partial charge in [0.1, 0.15) is 0 Å². The summed E-state index contributed by atoms with van der Waals surface area (Å²) < 4.78 is 0. The zero-order valence-corrected chi connectivity index (χ0v) is 11.2. The number of hydrogen-bond acceptors (Lipinski definition) is 3. The first-order chi connectivity index (χ1) is 8.31. The Morgan fingerprint density at radius 2 is 2.29 bits per heavy atom. The second kappa shape index (κ2) is 5.94. The quantitative estimate of drug-likeness (QED) is 0.799. The molecular weight excluding hydrogens is 228 g/mol. The van der Waals surface area contributed by atoms with E-state index in [0.717, 1.165) is 13.0 Å². The van der Waals surface area contributed by atoms with Crippen molar-refractivity contribution in [2.24, 2.45) is 0 Å². The topological polar surface area (TPSA) is 16.1 Å². The van der Waals surface area contributed by atoms with Gasteiger partial charge < -0.3 is 0 Å². The fourth-order valence-corrected chi connectivity index (χ4v) is 2.82. The third-order valence-electron chi connectivity index (χ3n) is 3.00. The van der Waals surface area contributed by atoms with Crippen LogP contribution in [0, 0.1) is 0 Å². The molecule has 2 aromatic rings. The molecule has 0 aliphatic carbocycles. The van der Waals surface area contributed by atoms with Crippen LogP contribution in [-0.2, 0) is 6.54 Å².